The molecule has 3 aromatic carbocycles. The highest BCUT2D eigenvalue weighted by Gasteiger charge is 2.21. The van der Waals surface area contributed by atoms with E-state index in [2.05, 4.69) is 9.97 Å². The number of benzene rings is 3. The molecule has 0 saturated heterocycles. The number of rotatable bonds is 4. The highest BCUT2D eigenvalue weighted by atomic mass is 35.5. The van der Waals surface area contributed by atoms with Gasteiger partial charge in [-0.3, -0.25) is 4.79 Å². The van der Waals surface area contributed by atoms with Gasteiger partial charge in [-0.05, 0) is 65.2 Å². The summed E-state index contributed by atoms with van der Waals surface area (Å²) in [6.07, 6.45) is 1.90. The van der Waals surface area contributed by atoms with Gasteiger partial charge in [0.05, 0.1) is 22.5 Å². The summed E-state index contributed by atoms with van der Waals surface area (Å²) in [4.78, 5) is 21.1. The van der Waals surface area contributed by atoms with Crippen LogP contribution in [0.3, 0.4) is 0 Å². The zero-order valence-corrected chi connectivity index (χ0v) is 19.3. The average molecular weight is 482 g/mol. The number of hydrogen-bond donors (Lipinski definition) is 1. The van der Waals surface area contributed by atoms with E-state index >= 15 is 0 Å². The summed E-state index contributed by atoms with van der Waals surface area (Å²) >= 11 is 5.98. The maximum atomic E-state index is 12.1. The molecule has 4 aromatic rings. The van der Waals surface area contributed by atoms with E-state index in [1.54, 1.807) is 12.1 Å². The van der Waals surface area contributed by atoms with Gasteiger partial charge in [-0.1, -0.05) is 12.1 Å². The molecule has 0 radical (unpaired) electrons. The molecule has 1 aromatic heterocycles. The Morgan fingerprint density at radius 3 is 2.67 bits per heavy atom. The third-order valence-electron chi connectivity index (χ3n) is 5.72. The van der Waals surface area contributed by atoms with Gasteiger partial charge in [0.15, 0.2) is 16.1 Å². The molecular weight excluding hydrogens is 462 g/mol. The van der Waals surface area contributed by atoms with E-state index < -0.39 is 9.84 Å². The number of ether oxygens (including phenoxy) is 1. The number of H-pyrrole nitrogens is 1. The van der Waals surface area contributed by atoms with Crippen molar-refractivity contribution in [2.75, 3.05) is 24.3 Å². The molecule has 0 fully saturated rings. The van der Waals surface area contributed by atoms with Crippen molar-refractivity contribution in [1.29, 1.82) is 0 Å². The number of imidazole rings is 1. The van der Waals surface area contributed by atoms with Gasteiger partial charge in [0.25, 0.3) is 0 Å². The molecule has 33 heavy (non-hydrogen) atoms. The zero-order valence-electron chi connectivity index (χ0n) is 17.7. The first-order chi connectivity index (χ1) is 15.8. The number of nitrogens with zero attached hydrogens (tertiary/aromatic N) is 2. The number of aromatic amines is 1. The number of halogens is 1. The van der Waals surface area contributed by atoms with Gasteiger partial charge >= 0.3 is 0 Å². The van der Waals surface area contributed by atoms with Crippen molar-refractivity contribution in [2.24, 2.45) is 0 Å². The van der Waals surface area contributed by atoms with E-state index in [0.717, 1.165) is 46.0 Å². The van der Waals surface area contributed by atoms with Gasteiger partial charge in [-0.25, -0.2) is 13.4 Å². The molecule has 0 spiro atoms. The smallest absolute Gasteiger partial charge is 0.201 e. The Labute approximate surface area is 195 Å². The second kappa shape index (κ2) is 8.20. The lowest BCUT2D eigenvalue weighted by atomic mass is 10.0. The van der Waals surface area contributed by atoms with Crippen LogP contribution >= 0.6 is 11.6 Å². The summed E-state index contributed by atoms with van der Waals surface area (Å²) in [6, 6.07) is 16.4. The lowest BCUT2D eigenvalue weighted by Crippen LogP contribution is -2.26. The van der Waals surface area contributed by atoms with Crippen LogP contribution in [0.4, 0.5) is 5.69 Å². The monoisotopic (exact) mass is 481 g/mol. The number of carbonyl (C=O) groups excluding carboxylic acids is 1. The van der Waals surface area contributed by atoms with E-state index in [1.807, 2.05) is 41.3 Å². The standard InChI is InChI=1S/C24H20ClN3O4S/c1-33(30,31)19-5-2-17(14-29)22(12-19)28-8-9-32-23-7-4-15(10-18(23)13-28)16-3-6-20-21(11-16)27-24(25)26-20/h2-7,10-12,14H,8-9,13H2,1H3,(H,26,27). The fraction of sp³-hybridized carbons (Fsp3) is 0.167. The van der Waals surface area contributed by atoms with Crippen LogP contribution in [0, 0.1) is 0 Å². The summed E-state index contributed by atoms with van der Waals surface area (Å²) < 4.78 is 30.1. The van der Waals surface area contributed by atoms with Crippen molar-refractivity contribution in [1.82, 2.24) is 9.97 Å². The SMILES string of the molecule is CS(=O)(=O)c1ccc(C=O)c(N2CCOc3ccc(-c4ccc5nc(Cl)[nH]c5c4)cc3C2)c1. The van der Waals surface area contributed by atoms with Crippen LogP contribution < -0.4 is 9.64 Å². The van der Waals surface area contributed by atoms with Gasteiger partial charge in [-0.2, -0.15) is 0 Å². The quantitative estimate of drug-likeness (QED) is 0.431. The topological polar surface area (TPSA) is 92.4 Å². The molecule has 5 rings (SSSR count). The first-order valence-corrected chi connectivity index (χ1v) is 12.5. The van der Waals surface area contributed by atoms with Crippen LogP contribution in [0.25, 0.3) is 22.2 Å². The van der Waals surface area contributed by atoms with Crippen molar-refractivity contribution >= 4 is 44.4 Å². The second-order valence-corrected chi connectivity index (χ2v) is 10.3. The molecule has 168 valence electrons. The van der Waals surface area contributed by atoms with Crippen molar-refractivity contribution in [3.05, 3.63) is 71.0 Å². The van der Waals surface area contributed by atoms with E-state index in [0.29, 0.717) is 36.2 Å². The minimum Gasteiger partial charge on any atom is -0.491 e. The lowest BCUT2D eigenvalue weighted by molar-refractivity contribution is 0.112. The van der Waals surface area contributed by atoms with Gasteiger partial charge in [0.1, 0.15) is 12.4 Å². The first-order valence-electron chi connectivity index (χ1n) is 10.3. The summed E-state index contributed by atoms with van der Waals surface area (Å²) in [7, 11) is -3.41. The number of hydrogen-bond acceptors (Lipinski definition) is 6. The zero-order chi connectivity index (χ0) is 23.2. The number of anilines is 1. The molecule has 1 aliphatic heterocycles. The molecule has 1 N–H and O–H groups in total. The fourth-order valence-electron chi connectivity index (χ4n) is 4.07. The summed E-state index contributed by atoms with van der Waals surface area (Å²) in [5.74, 6) is 0.763. The van der Waals surface area contributed by atoms with E-state index in [1.165, 1.54) is 6.07 Å². The predicted molar refractivity (Wildman–Crippen MR) is 128 cm³/mol. The van der Waals surface area contributed by atoms with Crippen LogP contribution in [-0.4, -0.2) is 44.1 Å². The van der Waals surface area contributed by atoms with Gasteiger partial charge in [0.2, 0.25) is 5.28 Å². The van der Waals surface area contributed by atoms with Crippen LogP contribution in [0.2, 0.25) is 5.28 Å². The lowest BCUT2D eigenvalue weighted by Gasteiger charge is -2.24. The van der Waals surface area contributed by atoms with Gasteiger partial charge in [0, 0.05) is 29.6 Å². The Kier molecular flexibility index (Phi) is 5.34. The predicted octanol–water partition coefficient (Wildman–Crippen LogP) is 4.50. The van der Waals surface area contributed by atoms with Crippen LogP contribution in [0.1, 0.15) is 15.9 Å². The Morgan fingerprint density at radius 1 is 1.09 bits per heavy atom. The summed E-state index contributed by atoms with van der Waals surface area (Å²) in [5.41, 5.74) is 5.57. The third-order valence-corrected chi connectivity index (χ3v) is 7.01. The minimum absolute atomic E-state index is 0.175. The van der Waals surface area contributed by atoms with Crippen LogP contribution in [0.15, 0.2) is 59.5 Å². The van der Waals surface area contributed by atoms with Crippen molar-refractivity contribution in [3.63, 3.8) is 0 Å². The third kappa shape index (κ3) is 4.19. The second-order valence-electron chi connectivity index (χ2n) is 7.96. The highest BCUT2D eigenvalue weighted by Crippen LogP contribution is 2.33. The Bertz CT molecular complexity index is 1500. The number of fused-ring (bicyclic) bond motifs is 2. The fourth-order valence-corrected chi connectivity index (χ4v) is 4.90. The summed E-state index contributed by atoms with van der Waals surface area (Å²) in [5, 5.41) is 0.343. The molecule has 0 atom stereocenters. The molecule has 0 amide bonds. The number of nitrogens with one attached hydrogen (secondary N) is 1. The molecule has 0 bridgehead atoms. The maximum absolute atomic E-state index is 12.1. The molecular formula is C24H20ClN3O4S. The van der Waals surface area contributed by atoms with Gasteiger partial charge < -0.3 is 14.6 Å². The molecule has 2 heterocycles. The minimum atomic E-state index is -3.41. The van der Waals surface area contributed by atoms with E-state index in [-0.39, 0.29) is 4.90 Å². The summed E-state index contributed by atoms with van der Waals surface area (Å²) in [6.45, 7) is 1.39. The Morgan fingerprint density at radius 2 is 1.88 bits per heavy atom. The molecule has 0 saturated carbocycles. The number of carbonyl (C=O) groups is 1. The number of aldehydes is 1. The molecule has 7 nitrogen and oxygen atoms in total. The molecule has 0 aliphatic carbocycles. The Hall–Kier alpha value is -3.36. The number of sulfone groups is 1. The normalized spacial score (nSPS) is 13.9. The average Bonchev–Trinajstić information content (AvgIpc) is 3.03. The van der Waals surface area contributed by atoms with Crippen LogP contribution in [-0.2, 0) is 16.4 Å². The Balaban J connectivity index is 1.54. The van der Waals surface area contributed by atoms with E-state index in [9.17, 15) is 13.2 Å². The van der Waals surface area contributed by atoms with E-state index in [4.69, 9.17) is 16.3 Å². The van der Waals surface area contributed by atoms with Crippen LogP contribution in [0.5, 0.6) is 5.75 Å². The van der Waals surface area contributed by atoms with Crippen molar-refractivity contribution in [3.8, 4) is 16.9 Å². The highest BCUT2D eigenvalue weighted by molar-refractivity contribution is 7.90. The molecule has 0 unspecified atom stereocenters. The molecule has 1 aliphatic rings. The largest absolute Gasteiger partial charge is 0.491 e. The number of aromatic nitrogens is 2. The van der Waals surface area contributed by atoms with Gasteiger partial charge in [-0.15, -0.1) is 0 Å². The first kappa shape index (κ1) is 21.5. The molecule has 9 heteroatoms. The van der Waals surface area contributed by atoms with Crippen molar-refractivity contribution < 1.29 is 17.9 Å². The van der Waals surface area contributed by atoms with Crippen molar-refractivity contribution in [2.45, 2.75) is 11.4 Å². The maximum Gasteiger partial charge on any atom is 0.201 e.